The summed E-state index contributed by atoms with van der Waals surface area (Å²) in [5, 5.41) is 0. The molecule has 0 amide bonds. The molecule has 4 heteroatoms. The van der Waals surface area contributed by atoms with Crippen molar-refractivity contribution in [2.45, 2.75) is 0 Å². The molecule has 0 fully saturated rings. The molecule has 1 aromatic heterocycles. The van der Waals surface area contributed by atoms with Crippen molar-refractivity contribution in [2.75, 3.05) is 0 Å². The molecule has 0 aromatic carbocycles. The fourth-order valence-electron chi connectivity index (χ4n) is 0.438. The van der Waals surface area contributed by atoms with Gasteiger partial charge in [-0.05, 0) is 0 Å². The number of hydrogen-bond acceptors (Lipinski definition) is 2. The van der Waals surface area contributed by atoms with Gasteiger partial charge in [0.15, 0.2) is 0 Å². The van der Waals surface area contributed by atoms with Crippen LogP contribution in [0.5, 0.6) is 0 Å². The standard InChI is InChI=1S/C5H5NO.Fe.H2O/c7-5-1-3-6-4-2-5;;/h1-4H,(H,6,7);;1H2/q;+2;/p-2. The van der Waals surface area contributed by atoms with Crippen LogP contribution in [0.2, 0.25) is 0 Å². The molecule has 1 rings (SSSR count). The summed E-state index contributed by atoms with van der Waals surface area (Å²) < 4.78 is 9.99. The molecule has 0 aliphatic rings. The second-order valence-corrected chi connectivity index (χ2v) is 2.23. The summed E-state index contributed by atoms with van der Waals surface area (Å²) in [7, 11) is 0. The summed E-state index contributed by atoms with van der Waals surface area (Å²) in [5.74, 6) is 0. The number of hydrogen-bond donors (Lipinski definition) is 1. The zero-order chi connectivity index (χ0) is 6.69. The van der Waals surface area contributed by atoms with Gasteiger partial charge in [-0.3, -0.25) is 0 Å². The predicted molar refractivity (Wildman–Crippen MR) is 28.3 cm³/mol. The zero-order valence-electron chi connectivity index (χ0n) is 4.47. The number of pyridine rings is 1. The van der Waals surface area contributed by atoms with Crippen molar-refractivity contribution in [1.29, 1.82) is 0 Å². The SMILES string of the molecule is O=c1cc[n]([Fe][OH])cc1. The van der Waals surface area contributed by atoms with Crippen LogP contribution in [-0.4, -0.2) is 7.77 Å². The molecule has 9 heavy (non-hydrogen) atoms. The van der Waals surface area contributed by atoms with Gasteiger partial charge < -0.3 is 0 Å². The number of aromatic nitrogens is 1. The molecule has 1 N–H and O–H groups in total. The van der Waals surface area contributed by atoms with E-state index in [0.29, 0.717) is 0 Å². The Morgan fingerprint density at radius 1 is 1.44 bits per heavy atom. The molecule has 0 saturated heterocycles. The van der Waals surface area contributed by atoms with E-state index in [1.54, 1.807) is 0 Å². The van der Waals surface area contributed by atoms with Crippen LogP contribution >= 0.6 is 0 Å². The van der Waals surface area contributed by atoms with E-state index >= 15 is 0 Å². The molecule has 0 radical (unpaired) electrons. The van der Waals surface area contributed by atoms with E-state index < -0.39 is 0 Å². The molecular weight excluding hydrogens is 162 g/mol. The second kappa shape index (κ2) is 2.82. The first-order chi connectivity index (χ1) is 4.33. The Kier molecular flexibility index (Phi) is 2.05. The molecular formula is C5H5FeNO2. The van der Waals surface area contributed by atoms with Crippen molar-refractivity contribution in [3.63, 3.8) is 0 Å². The Morgan fingerprint density at radius 2 is 2.00 bits per heavy atom. The number of nitrogens with zero attached hydrogens (tertiary/aromatic N) is 1. The summed E-state index contributed by atoms with van der Waals surface area (Å²) in [5.41, 5.74) is -0.0419. The van der Waals surface area contributed by atoms with Gasteiger partial charge in [-0.2, -0.15) is 0 Å². The fraction of sp³-hybridized carbons (Fsp3) is 0. The van der Waals surface area contributed by atoms with Crippen molar-refractivity contribution in [3.05, 3.63) is 34.7 Å². The van der Waals surface area contributed by atoms with Gasteiger partial charge in [0.2, 0.25) is 0 Å². The topological polar surface area (TPSA) is 42.2 Å². The first kappa shape index (κ1) is 6.55. The first-order valence-electron chi connectivity index (χ1n) is 2.28. The molecule has 0 bridgehead atoms. The van der Waals surface area contributed by atoms with Crippen LogP contribution in [0.15, 0.2) is 29.3 Å². The molecule has 0 spiro atoms. The monoisotopic (exact) mass is 167 g/mol. The summed E-state index contributed by atoms with van der Waals surface area (Å²) in [6, 6.07) is 2.80. The summed E-state index contributed by atoms with van der Waals surface area (Å²) in [6.07, 6.45) is 3.06. The van der Waals surface area contributed by atoms with Crippen LogP contribution in [0, 0.1) is 0 Å². The third-order valence-corrected chi connectivity index (χ3v) is 1.42. The van der Waals surface area contributed by atoms with E-state index in [2.05, 4.69) is 0 Å². The Morgan fingerprint density at radius 3 is 2.44 bits per heavy atom. The van der Waals surface area contributed by atoms with Crippen molar-refractivity contribution < 1.29 is 19.7 Å². The Labute approximate surface area is 58.6 Å². The van der Waals surface area contributed by atoms with E-state index in [1.807, 2.05) is 0 Å². The van der Waals surface area contributed by atoms with Gasteiger partial charge in [-0.1, -0.05) is 0 Å². The summed E-state index contributed by atoms with van der Waals surface area (Å²) >= 11 is -0.0831. The first-order valence-corrected chi connectivity index (χ1v) is 3.27. The van der Waals surface area contributed by atoms with Crippen molar-refractivity contribution in [3.8, 4) is 0 Å². The van der Waals surface area contributed by atoms with Crippen LogP contribution in [0.4, 0.5) is 0 Å². The Bertz CT molecular complexity index is 224. The zero-order valence-corrected chi connectivity index (χ0v) is 5.57. The van der Waals surface area contributed by atoms with Crippen molar-refractivity contribution in [2.24, 2.45) is 0 Å². The van der Waals surface area contributed by atoms with E-state index in [9.17, 15) is 4.79 Å². The van der Waals surface area contributed by atoms with Crippen LogP contribution in [-0.2, 0) is 15.5 Å². The van der Waals surface area contributed by atoms with Gasteiger partial charge in [0.1, 0.15) is 0 Å². The second-order valence-electron chi connectivity index (χ2n) is 1.44. The third kappa shape index (κ3) is 1.68. The maximum atomic E-state index is 10.4. The van der Waals surface area contributed by atoms with Crippen LogP contribution in [0.1, 0.15) is 0 Å². The van der Waals surface area contributed by atoms with Gasteiger partial charge in [0.05, 0.1) is 0 Å². The molecule has 0 saturated carbocycles. The average molecular weight is 167 g/mol. The molecule has 0 aliphatic carbocycles. The molecule has 0 aliphatic heterocycles. The van der Waals surface area contributed by atoms with Gasteiger partial charge >= 0.3 is 58.0 Å². The van der Waals surface area contributed by atoms with E-state index in [0.717, 1.165) is 0 Å². The minimum absolute atomic E-state index is 0.0419. The summed E-state index contributed by atoms with van der Waals surface area (Å²) in [6.45, 7) is 0. The fourth-order valence-corrected chi connectivity index (χ4v) is 0.750. The van der Waals surface area contributed by atoms with Gasteiger partial charge in [-0.25, -0.2) is 0 Å². The molecule has 1 heterocycles. The quantitative estimate of drug-likeness (QED) is 0.578. The normalized spacial score (nSPS) is 9.89. The Hall–Kier alpha value is -0.571. The average Bonchev–Trinajstić information content (AvgIpc) is 1.90. The van der Waals surface area contributed by atoms with Gasteiger partial charge in [0.25, 0.3) is 0 Å². The maximum absolute atomic E-state index is 10.4. The van der Waals surface area contributed by atoms with Gasteiger partial charge in [-0.15, -0.1) is 0 Å². The molecule has 0 unspecified atom stereocenters. The van der Waals surface area contributed by atoms with Crippen molar-refractivity contribution >= 4 is 0 Å². The minimum atomic E-state index is -0.0831. The van der Waals surface area contributed by atoms with Crippen molar-refractivity contribution in [1.82, 2.24) is 3.58 Å². The van der Waals surface area contributed by atoms with Crippen LogP contribution in [0.25, 0.3) is 0 Å². The number of rotatable bonds is 1. The van der Waals surface area contributed by atoms with Crippen LogP contribution in [0.3, 0.4) is 0 Å². The van der Waals surface area contributed by atoms with E-state index in [1.165, 1.54) is 28.1 Å². The molecule has 1 aromatic rings. The van der Waals surface area contributed by atoms with Gasteiger partial charge in [0, 0.05) is 0 Å². The summed E-state index contributed by atoms with van der Waals surface area (Å²) in [4.78, 5) is 10.4. The third-order valence-electron chi connectivity index (χ3n) is 0.837. The molecule has 3 nitrogen and oxygen atoms in total. The molecule has 50 valence electrons. The predicted octanol–water partition coefficient (Wildman–Crippen LogP) is -0.399. The van der Waals surface area contributed by atoms with E-state index in [-0.39, 0.29) is 20.9 Å². The van der Waals surface area contributed by atoms with E-state index in [4.69, 9.17) is 4.19 Å². The van der Waals surface area contributed by atoms with Crippen LogP contribution < -0.4 is 5.43 Å². The Balaban J connectivity index is 3.02. The molecule has 0 atom stereocenters.